The standard InChI is InChI=1S/C23H28ClNO3Si/c1-16(22(27)28-23(2,3)4)25-12-10-18(14-21(25)26)20-15-19(24)9-8-17(20)11-13-29(5,6)7/h8-10,12,14-16H,1-7H3/t16-/m1/s1. The topological polar surface area (TPSA) is 48.3 Å². The van der Waals surface area contributed by atoms with Crippen molar-refractivity contribution in [2.75, 3.05) is 0 Å². The van der Waals surface area contributed by atoms with Gasteiger partial charge in [0.05, 0.1) is 0 Å². The molecule has 0 N–H and O–H groups in total. The Hall–Kier alpha value is -2.29. The Kier molecular flexibility index (Phi) is 6.82. The van der Waals surface area contributed by atoms with Crippen LogP contribution in [0.15, 0.2) is 41.3 Å². The molecule has 0 fully saturated rings. The molecule has 6 heteroatoms. The lowest BCUT2D eigenvalue weighted by molar-refractivity contribution is -0.158. The van der Waals surface area contributed by atoms with Gasteiger partial charge in [0.2, 0.25) is 0 Å². The van der Waals surface area contributed by atoms with Gasteiger partial charge in [0.1, 0.15) is 19.7 Å². The maximum Gasteiger partial charge on any atom is 0.329 e. The lowest BCUT2D eigenvalue weighted by Crippen LogP contribution is -2.33. The number of nitrogens with zero attached hydrogens (tertiary/aromatic N) is 1. The molecule has 2 aromatic rings. The number of ether oxygens (including phenoxy) is 1. The summed E-state index contributed by atoms with van der Waals surface area (Å²) < 4.78 is 6.76. The van der Waals surface area contributed by atoms with Crippen LogP contribution in [0.2, 0.25) is 24.7 Å². The van der Waals surface area contributed by atoms with Gasteiger partial charge < -0.3 is 9.30 Å². The molecule has 0 aliphatic heterocycles. The van der Waals surface area contributed by atoms with E-state index >= 15 is 0 Å². The number of pyridine rings is 1. The molecule has 0 unspecified atom stereocenters. The predicted molar refractivity (Wildman–Crippen MR) is 122 cm³/mol. The highest BCUT2D eigenvalue weighted by Gasteiger charge is 2.23. The number of carbonyl (C=O) groups excluding carboxylic acids is 1. The highest BCUT2D eigenvalue weighted by Crippen LogP contribution is 2.26. The summed E-state index contributed by atoms with van der Waals surface area (Å²) in [7, 11) is -1.56. The molecule has 0 aliphatic rings. The fourth-order valence-corrected chi connectivity index (χ4v) is 3.28. The third-order valence-corrected chi connectivity index (χ3v) is 5.09. The molecule has 1 heterocycles. The number of aromatic nitrogens is 1. The molecule has 0 spiro atoms. The molecule has 2 rings (SSSR count). The van der Waals surface area contributed by atoms with Crippen LogP contribution in [0.3, 0.4) is 0 Å². The van der Waals surface area contributed by atoms with Crippen molar-refractivity contribution < 1.29 is 9.53 Å². The number of rotatable bonds is 3. The lowest BCUT2D eigenvalue weighted by atomic mass is 10.0. The first kappa shape index (κ1) is 23.0. The van der Waals surface area contributed by atoms with Gasteiger partial charge in [-0.05, 0) is 63.1 Å². The van der Waals surface area contributed by atoms with Crippen molar-refractivity contribution in [3.63, 3.8) is 0 Å². The Balaban J connectivity index is 2.45. The van der Waals surface area contributed by atoms with Crippen molar-refractivity contribution in [3.8, 4) is 22.6 Å². The van der Waals surface area contributed by atoms with E-state index in [9.17, 15) is 9.59 Å². The fourth-order valence-electron chi connectivity index (χ4n) is 2.60. The van der Waals surface area contributed by atoms with E-state index in [1.165, 1.54) is 10.6 Å². The second kappa shape index (κ2) is 8.60. The molecule has 0 saturated heterocycles. The van der Waals surface area contributed by atoms with Crippen LogP contribution in [0.1, 0.15) is 39.3 Å². The fraction of sp³-hybridized carbons (Fsp3) is 0.391. The van der Waals surface area contributed by atoms with Gasteiger partial charge in [0.25, 0.3) is 5.56 Å². The van der Waals surface area contributed by atoms with E-state index in [1.54, 1.807) is 46.0 Å². The van der Waals surface area contributed by atoms with Crippen LogP contribution in [-0.4, -0.2) is 24.2 Å². The Bertz CT molecular complexity index is 1030. The van der Waals surface area contributed by atoms with E-state index in [2.05, 4.69) is 31.1 Å². The lowest BCUT2D eigenvalue weighted by Gasteiger charge is -2.23. The van der Waals surface area contributed by atoms with E-state index in [1.807, 2.05) is 12.1 Å². The minimum atomic E-state index is -1.56. The minimum Gasteiger partial charge on any atom is -0.458 e. The molecule has 29 heavy (non-hydrogen) atoms. The Morgan fingerprint density at radius 1 is 1.17 bits per heavy atom. The quantitative estimate of drug-likeness (QED) is 0.378. The highest BCUT2D eigenvalue weighted by atomic mass is 35.5. The Morgan fingerprint density at radius 2 is 1.83 bits per heavy atom. The van der Waals surface area contributed by atoms with Gasteiger partial charge in [0.15, 0.2) is 0 Å². The highest BCUT2D eigenvalue weighted by molar-refractivity contribution is 6.83. The van der Waals surface area contributed by atoms with Crippen molar-refractivity contribution in [2.45, 2.75) is 59.0 Å². The van der Waals surface area contributed by atoms with Crippen molar-refractivity contribution in [2.24, 2.45) is 0 Å². The summed E-state index contributed by atoms with van der Waals surface area (Å²) in [6.07, 6.45) is 1.61. The predicted octanol–water partition coefficient (Wildman–Crippen LogP) is 5.30. The van der Waals surface area contributed by atoms with Crippen LogP contribution in [0.4, 0.5) is 0 Å². The van der Waals surface area contributed by atoms with Crippen LogP contribution >= 0.6 is 11.6 Å². The zero-order valence-electron chi connectivity index (χ0n) is 18.1. The molecule has 0 saturated carbocycles. The van der Waals surface area contributed by atoms with Gasteiger partial charge in [-0.1, -0.05) is 37.2 Å². The van der Waals surface area contributed by atoms with E-state index in [4.69, 9.17) is 16.3 Å². The number of halogens is 1. The first-order chi connectivity index (χ1) is 13.3. The van der Waals surface area contributed by atoms with Crippen LogP contribution in [0.5, 0.6) is 0 Å². The van der Waals surface area contributed by atoms with Gasteiger partial charge in [0, 0.05) is 22.8 Å². The largest absolute Gasteiger partial charge is 0.458 e. The normalized spacial score (nSPS) is 12.7. The van der Waals surface area contributed by atoms with Crippen LogP contribution < -0.4 is 5.56 Å². The second-order valence-corrected chi connectivity index (χ2v) is 14.2. The smallest absolute Gasteiger partial charge is 0.329 e. The number of carbonyl (C=O) groups is 1. The second-order valence-electron chi connectivity index (χ2n) is 9.06. The van der Waals surface area contributed by atoms with Gasteiger partial charge in [-0.15, -0.1) is 5.54 Å². The van der Waals surface area contributed by atoms with Gasteiger partial charge in [-0.2, -0.15) is 0 Å². The summed E-state index contributed by atoms with van der Waals surface area (Å²) in [6, 6.07) is 8.07. The molecular formula is C23H28ClNO3Si. The van der Waals surface area contributed by atoms with Gasteiger partial charge in [-0.3, -0.25) is 4.79 Å². The summed E-state index contributed by atoms with van der Waals surface area (Å²) >= 11 is 6.20. The van der Waals surface area contributed by atoms with Crippen molar-refractivity contribution in [1.29, 1.82) is 0 Å². The minimum absolute atomic E-state index is 0.287. The SMILES string of the molecule is C[C@H](C(=O)OC(C)(C)C)n1ccc(-c2cc(Cl)ccc2C#C[Si](C)(C)C)cc1=O. The Morgan fingerprint density at radius 3 is 2.38 bits per heavy atom. The molecule has 0 aliphatic carbocycles. The average molecular weight is 430 g/mol. The zero-order valence-corrected chi connectivity index (χ0v) is 19.8. The third-order valence-electron chi connectivity index (χ3n) is 3.98. The van der Waals surface area contributed by atoms with E-state index in [-0.39, 0.29) is 5.56 Å². The molecule has 1 atom stereocenters. The summed E-state index contributed by atoms with van der Waals surface area (Å²) in [5, 5.41) is 0.574. The molecule has 0 amide bonds. The monoisotopic (exact) mass is 429 g/mol. The van der Waals surface area contributed by atoms with E-state index in [0.717, 1.165) is 11.1 Å². The third kappa shape index (κ3) is 6.62. The van der Waals surface area contributed by atoms with Crippen LogP contribution in [-0.2, 0) is 9.53 Å². The first-order valence-electron chi connectivity index (χ1n) is 9.55. The number of hydrogen-bond acceptors (Lipinski definition) is 3. The Labute approximate surface area is 178 Å². The average Bonchev–Trinajstić information content (AvgIpc) is 2.57. The maximum absolute atomic E-state index is 12.7. The molecule has 4 nitrogen and oxygen atoms in total. The van der Waals surface area contributed by atoms with Crippen LogP contribution in [0.25, 0.3) is 11.1 Å². The van der Waals surface area contributed by atoms with Crippen molar-refractivity contribution in [3.05, 3.63) is 57.5 Å². The van der Waals surface area contributed by atoms with E-state index < -0.39 is 25.7 Å². The summed E-state index contributed by atoms with van der Waals surface area (Å²) in [5.41, 5.74) is 4.80. The molecule has 1 aromatic heterocycles. The van der Waals surface area contributed by atoms with Gasteiger partial charge in [-0.25, -0.2) is 4.79 Å². The van der Waals surface area contributed by atoms with Crippen molar-refractivity contribution >= 4 is 25.6 Å². The molecular weight excluding hydrogens is 402 g/mol. The number of esters is 1. The molecule has 0 bridgehead atoms. The van der Waals surface area contributed by atoms with Crippen molar-refractivity contribution in [1.82, 2.24) is 4.57 Å². The maximum atomic E-state index is 12.7. The molecule has 154 valence electrons. The number of hydrogen-bond donors (Lipinski definition) is 0. The van der Waals surface area contributed by atoms with Crippen LogP contribution in [0, 0.1) is 11.5 Å². The summed E-state index contributed by atoms with van der Waals surface area (Å²) in [5.74, 6) is 2.80. The zero-order chi connectivity index (χ0) is 22.0. The molecule has 0 radical (unpaired) electrons. The summed E-state index contributed by atoms with van der Waals surface area (Å²) in [4.78, 5) is 25.1. The first-order valence-corrected chi connectivity index (χ1v) is 13.4. The van der Waals surface area contributed by atoms with Gasteiger partial charge >= 0.3 is 5.97 Å². The summed E-state index contributed by atoms with van der Waals surface area (Å²) in [6.45, 7) is 13.6. The molecule has 1 aromatic carbocycles. The van der Waals surface area contributed by atoms with E-state index in [0.29, 0.717) is 10.6 Å². The number of benzene rings is 1.